The monoisotopic (exact) mass is 242 g/mol. The molecule has 1 fully saturated rings. The third-order valence-corrected chi connectivity index (χ3v) is 3.66. The van der Waals surface area contributed by atoms with E-state index in [1.807, 2.05) is 18.2 Å². The predicted octanol–water partition coefficient (Wildman–Crippen LogP) is 3.86. The summed E-state index contributed by atoms with van der Waals surface area (Å²) in [7, 11) is 0. The summed E-state index contributed by atoms with van der Waals surface area (Å²) in [5.41, 5.74) is 1.88. The second-order valence-corrected chi connectivity index (χ2v) is 5.07. The number of hydrogen-bond acceptors (Lipinski definition) is 3. The van der Waals surface area contributed by atoms with E-state index in [1.54, 1.807) is 12.5 Å². The largest absolute Gasteiger partial charge is 0.443 e. The van der Waals surface area contributed by atoms with Gasteiger partial charge in [-0.15, -0.1) is 0 Å². The highest BCUT2D eigenvalue weighted by molar-refractivity contribution is 5.46. The third kappa shape index (κ3) is 2.61. The van der Waals surface area contributed by atoms with Crippen LogP contribution in [0.4, 0.5) is 0 Å². The summed E-state index contributed by atoms with van der Waals surface area (Å²) < 4.78 is 5.52. The Hall–Kier alpha value is -1.64. The zero-order valence-electron chi connectivity index (χ0n) is 10.5. The van der Waals surface area contributed by atoms with E-state index >= 15 is 0 Å². The molecule has 0 atom stereocenters. The van der Waals surface area contributed by atoms with Gasteiger partial charge in [0.25, 0.3) is 0 Å². The number of hydrogen-bond donors (Lipinski definition) is 0. The molecule has 1 saturated carbocycles. The van der Waals surface area contributed by atoms with E-state index in [1.165, 1.54) is 32.1 Å². The average molecular weight is 242 g/mol. The van der Waals surface area contributed by atoms with Crippen LogP contribution < -0.4 is 0 Å². The van der Waals surface area contributed by atoms with Gasteiger partial charge in [-0.05, 0) is 24.5 Å². The van der Waals surface area contributed by atoms with Gasteiger partial charge in [-0.2, -0.15) is 0 Å². The van der Waals surface area contributed by atoms with Gasteiger partial charge in [0.2, 0.25) is 5.89 Å². The Morgan fingerprint density at radius 2 is 2.06 bits per heavy atom. The fourth-order valence-electron chi connectivity index (χ4n) is 2.69. The Balaban J connectivity index is 1.69. The van der Waals surface area contributed by atoms with E-state index in [4.69, 9.17) is 4.42 Å². The van der Waals surface area contributed by atoms with Crippen molar-refractivity contribution in [2.24, 2.45) is 5.92 Å². The summed E-state index contributed by atoms with van der Waals surface area (Å²) >= 11 is 0. The zero-order chi connectivity index (χ0) is 12.2. The molecule has 0 bridgehead atoms. The highest BCUT2D eigenvalue weighted by Crippen LogP contribution is 2.27. The molecule has 18 heavy (non-hydrogen) atoms. The van der Waals surface area contributed by atoms with Crippen LogP contribution in [0.1, 0.15) is 37.8 Å². The Morgan fingerprint density at radius 3 is 2.83 bits per heavy atom. The van der Waals surface area contributed by atoms with Gasteiger partial charge in [0.05, 0.1) is 5.69 Å². The molecule has 0 aliphatic heterocycles. The van der Waals surface area contributed by atoms with Crippen LogP contribution in [-0.2, 0) is 6.42 Å². The summed E-state index contributed by atoms with van der Waals surface area (Å²) in [5, 5.41) is 0. The fourth-order valence-corrected chi connectivity index (χ4v) is 2.69. The highest BCUT2D eigenvalue weighted by Gasteiger charge is 2.16. The van der Waals surface area contributed by atoms with Crippen molar-refractivity contribution in [3.8, 4) is 11.6 Å². The van der Waals surface area contributed by atoms with Crippen LogP contribution in [0, 0.1) is 5.92 Å². The van der Waals surface area contributed by atoms with E-state index in [0.717, 1.165) is 23.7 Å². The molecular weight excluding hydrogens is 224 g/mol. The van der Waals surface area contributed by atoms with Gasteiger partial charge in [-0.1, -0.05) is 38.2 Å². The first-order valence-corrected chi connectivity index (χ1v) is 6.77. The molecule has 1 aliphatic carbocycles. The molecule has 0 spiro atoms. The molecule has 0 aromatic carbocycles. The van der Waals surface area contributed by atoms with Crippen molar-refractivity contribution in [3.05, 3.63) is 36.4 Å². The summed E-state index contributed by atoms with van der Waals surface area (Å²) in [6.45, 7) is 0. The molecule has 2 aromatic rings. The zero-order valence-corrected chi connectivity index (χ0v) is 10.5. The molecule has 0 unspecified atom stereocenters. The molecule has 0 amide bonds. The van der Waals surface area contributed by atoms with Crippen LogP contribution in [-0.4, -0.2) is 9.97 Å². The number of aromatic nitrogens is 2. The van der Waals surface area contributed by atoms with Crippen LogP contribution in [0.25, 0.3) is 11.6 Å². The van der Waals surface area contributed by atoms with Gasteiger partial charge in [-0.3, -0.25) is 4.98 Å². The quantitative estimate of drug-likeness (QED) is 0.820. The third-order valence-electron chi connectivity index (χ3n) is 3.66. The SMILES string of the molecule is c1ccc(-c2nc(CC3CCCCC3)co2)nc1. The Kier molecular flexibility index (Phi) is 3.40. The lowest BCUT2D eigenvalue weighted by atomic mass is 9.86. The fraction of sp³-hybridized carbons (Fsp3) is 0.467. The molecule has 2 aromatic heterocycles. The first-order chi connectivity index (χ1) is 8.92. The first-order valence-electron chi connectivity index (χ1n) is 6.77. The maximum atomic E-state index is 5.52. The van der Waals surface area contributed by atoms with Crippen LogP contribution in [0.3, 0.4) is 0 Å². The Labute approximate surface area is 107 Å². The Bertz CT molecular complexity index is 486. The minimum Gasteiger partial charge on any atom is -0.443 e. The lowest BCUT2D eigenvalue weighted by molar-refractivity contribution is 0.354. The van der Waals surface area contributed by atoms with Gasteiger partial charge in [-0.25, -0.2) is 4.98 Å². The van der Waals surface area contributed by atoms with Crippen LogP contribution in [0.15, 0.2) is 35.1 Å². The molecule has 2 heterocycles. The van der Waals surface area contributed by atoms with Crippen LogP contribution >= 0.6 is 0 Å². The highest BCUT2D eigenvalue weighted by atomic mass is 16.3. The van der Waals surface area contributed by atoms with E-state index in [-0.39, 0.29) is 0 Å². The van der Waals surface area contributed by atoms with E-state index in [0.29, 0.717) is 5.89 Å². The van der Waals surface area contributed by atoms with Gasteiger partial charge >= 0.3 is 0 Å². The minimum absolute atomic E-state index is 0.640. The summed E-state index contributed by atoms with van der Waals surface area (Å²) in [5.74, 6) is 1.43. The summed E-state index contributed by atoms with van der Waals surface area (Å²) in [4.78, 5) is 8.80. The molecular formula is C15H18N2O. The van der Waals surface area contributed by atoms with Gasteiger partial charge in [0, 0.05) is 6.20 Å². The molecule has 3 rings (SSSR count). The molecule has 0 saturated heterocycles. The van der Waals surface area contributed by atoms with Crippen molar-refractivity contribution >= 4 is 0 Å². The van der Waals surface area contributed by atoms with Crippen LogP contribution in [0.2, 0.25) is 0 Å². The molecule has 94 valence electrons. The van der Waals surface area contributed by atoms with Gasteiger partial charge < -0.3 is 4.42 Å². The maximum absolute atomic E-state index is 5.52. The van der Waals surface area contributed by atoms with Crippen LogP contribution in [0.5, 0.6) is 0 Å². The Morgan fingerprint density at radius 1 is 1.17 bits per heavy atom. The van der Waals surface area contributed by atoms with Crippen molar-refractivity contribution in [2.75, 3.05) is 0 Å². The second kappa shape index (κ2) is 5.34. The number of rotatable bonds is 3. The lowest BCUT2D eigenvalue weighted by Gasteiger charge is -2.19. The summed E-state index contributed by atoms with van der Waals surface area (Å²) in [6.07, 6.45) is 11.4. The molecule has 3 heteroatoms. The van der Waals surface area contributed by atoms with E-state index in [2.05, 4.69) is 9.97 Å². The lowest BCUT2D eigenvalue weighted by Crippen LogP contribution is -2.09. The second-order valence-electron chi connectivity index (χ2n) is 5.07. The average Bonchev–Trinajstić information content (AvgIpc) is 2.89. The van der Waals surface area contributed by atoms with Crippen molar-refractivity contribution in [1.29, 1.82) is 0 Å². The van der Waals surface area contributed by atoms with E-state index in [9.17, 15) is 0 Å². The first kappa shape index (κ1) is 11.5. The predicted molar refractivity (Wildman–Crippen MR) is 70.0 cm³/mol. The normalized spacial score (nSPS) is 16.9. The summed E-state index contributed by atoms with van der Waals surface area (Å²) in [6, 6.07) is 5.78. The van der Waals surface area contributed by atoms with Crippen molar-refractivity contribution in [3.63, 3.8) is 0 Å². The standard InChI is InChI=1S/C15H18N2O/c1-2-6-12(7-3-1)10-13-11-18-15(17-13)14-8-4-5-9-16-14/h4-5,8-9,11-12H,1-3,6-7,10H2. The van der Waals surface area contributed by atoms with Crippen molar-refractivity contribution < 1.29 is 4.42 Å². The van der Waals surface area contributed by atoms with Crippen molar-refractivity contribution in [2.45, 2.75) is 38.5 Å². The molecule has 1 aliphatic rings. The van der Waals surface area contributed by atoms with E-state index < -0.39 is 0 Å². The maximum Gasteiger partial charge on any atom is 0.245 e. The molecule has 0 radical (unpaired) electrons. The van der Waals surface area contributed by atoms with Crippen molar-refractivity contribution in [1.82, 2.24) is 9.97 Å². The topological polar surface area (TPSA) is 38.9 Å². The minimum atomic E-state index is 0.640. The number of oxazole rings is 1. The number of nitrogens with zero attached hydrogens (tertiary/aromatic N) is 2. The molecule has 3 nitrogen and oxygen atoms in total. The van der Waals surface area contributed by atoms with Gasteiger partial charge in [0.15, 0.2) is 0 Å². The number of pyridine rings is 1. The van der Waals surface area contributed by atoms with Gasteiger partial charge in [0.1, 0.15) is 12.0 Å². The molecule has 0 N–H and O–H groups in total. The smallest absolute Gasteiger partial charge is 0.245 e.